The minimum atomic E-state index is -0.196. The van der Waals surface area contributed by atoms with E-state index >= 15 is 0 Å². The summed E-state index contributed by atoms with van der Waals surface area (Å²) in [6.45, 7) is 3.06. The number of furan rings is 1. The predicted molar refractivity (Wildman–Crippen MR) is 96.0 cm³/mol. The Morgan fingerprint density at radius 2 is 1.88 bits per heavy atom. The van der Waals surface area contributed by atoms with Crippen LogP contribution in [0, 0.1) is 5.92 Å². The number of ketones is 1. The van der Waals surface area contributed by atoms with Crippen LogP contribution in [0.5, 0.6) is 0 Å². The molecule has 0 radical (unpaired) electrons. The molecule has 1 aliphatic rings. The summed E-state index contributed by atoms with van der Waals surface area (Å²) in [5.41, 5.74) is 0.730. The lowest BCUT2D eigenvalue weighted by molar-refractivity contribution is 0.0837. The number of amides is 1. The molecule has 1 aliphatic heterocycles. The molecule has 1 amide bonds. The Bertz CT molecular complexity index is 705. The van der Waals surface area contributed by atoms with Gasteiger partial charge in [0.15, 0.2) is 11.5 Å². The van der Waals surface area contributed by atoms with Crippen molar-refractivity contribution in [2.24, 2.45) is 5.92 Å². The highest BCUT2D eigenvalue weighted by Crippen LogP contribution is 2.22. The van der Waals surface area contributed by atoms with Crippen LogP contribution in [-0.2, 0) is 0 Å². The minimum Gasteiger partial charge on any atom is -0.459 e. The van der Waals surface area contributed by atoms with Crippen molar-refractivity contribution in [3.8, 4) is 0 Å². The lowest BCUT2D eigenvalue weighted by Crippen LogP contribution is -2.41. The van der Waals surface area contributed by atoms with Gasteiger partial charge in [-0.1, -0.05) is 11.6 Å². The Kier molecular flexibility index (Phi) is 5.89. The van der Waals surface area contributed by atoms with Crippen molar-refractivity contribution in [1.29, 1.82) is 0 Å². The van der Waals surface area contributed by atoms with Crippen LogP contribution >= 0.6 is 11.6 Å². The van der Waals surface area contributed by atoms with E-state index in [1.807, 2.05) is 0 Å². The zero-order valence-corrected chi connectivity index (χ0v) is 14.7. The topological polar surface area (TPSA) is 62.6 Å². The summed E-state index contributed by atoms with van der Waals surface area (Å²) in [4.78, 5) is 26.6. The van der Waals surface area contributed by atoms with Gasteiger partial charge >= 0.3 is 0 Å². The fourth-order valence-corrected chi connectivity index (χ4v) is 3.22. The van der Waals surface area contributed by atoms with E-state index in [0.29, 0.717) is 17.3 Å². The van der Waals surface area contributed by atoms with E-state index < -0.39 is 0 Å². The molecule has 3 rings (SSSR count). The average Bonchev–Trinajstić information content (AvgIpc) is 3.17. The number of nitrogens with zero attached hydrogens (tertiary/aromatic N) is 1. The van der Waals surface area contributed by atoms with Gasteiger partial charge in [-0.2, -0.15) is 0 Å². The van der Waals surface area contributed by atoms with E-state index in [1.165, 1.54) is 6.26 Å². The number of carbonyl (C=O) groups is 2. The third kappa shape index (κ3) is 4.71. The van der Waals surface area contributed by atoms with Gasteiger partial charge in [-0.05, 0) is 62.3 Å². The quantitative estimate of drug-likeness (QED) is 0.803. The van der Waals surface area contributed by atoms with Gasteiger partial charge in [0, 0.05) is 29.6 Å². The van der Waals surface area contributed by atoms with E-state index in [2.05, 4.69) is 10.2 Å². The third-order valence-electron chi connectivity index (χ3n) is 4.55. The molecule has 25 heavy (non-hydrogen) atoms. The Hall–Kier alpha value is -2.11. The highest BCUT2D eigenvalue weighted by atomic mass is 35.5. The van der Waals surface area contributed by atoms with Crippen LogP contribution in [0.3, 0.4) is 0 Å². The van der Waals surface area contributed by atoms with Gasteiger partial charge < -0.3 is 14.6 Å². The highest BCUT2D eigenvalue weighted by molar-refractivity contribution is 6.30. The maximum Gasteiger partial charge on any atom is 0.287 e. The van der Waals surface area contributed by atoms with Gasteiger partial charge in [-0.3, -0.25) is 9.59 Å². The summed E-state index contributed by atoms with van der Waals surface area (Å²) in [7, 11) is 0. The maximum atomic E-state index is 12.5. The zero-order chi connectivity index (χ0) is 17.6. The first-order valence-electron chi connectivity index (χ1n) is 8.47. The van der Waals surface area contributed by atoms with Crippen molar-refractivity contribution in [2.45, 2.75) is 12.8 Å². The van der Waals surface area contributed by atoms with Gasteiger partial charge in [0.1, 0.15) is 0 Å². The van der Waals surface area contributed by atoms with Crippen LogP contribution in [0.25, 0.3) is 0 Å². The van der Waals surface area contributed by atoms with Gasteiger partial charge in [-0.25, -0.2) is 0 Å². The summed E-state index contributed by atoms with van der Waals surface area (Å²) >= 11 is 5.87. The number of carbonyl (C=O) groups excluding carboxylic acids is 2. The van der Waals surface area contributed by atoms with Crippen molar-refractivity contribution in [3.05, 3.63) is 59.0 Å². The lowest BCUT2D eigenvalue weighted by Gasteiger charge is -2.31. The zero-order valence-electron chi connectivity index (χ0n) is 13.9. The van der Waals surface area contributed by atoms with Crippen LogP contribution in [-0.4, -0.2) is 42.8 Å². The summed E-state index contributed by atoms with van der Waals surface area (Å²) in [5.74, 6) is 0.391. The van der Waals surface area contributed by atoms with Gasteiger partial charge in [0.25, 0.3) is 5.91 Å². The largest absolute Gasteiger partial charge is 0.459 e. The van der Waals surface area contributed by atoms with E-state index in [0.717, 1.165) is 38.0 Å². The van der Waals surface area contributed by atoms with Crippen LogP contribution in [0.15, 0.2) is 47.1 Å². The van der Waals surface area contributed by atoms with Crippen molar-refractivity contribution < 1.29 is 14.0 Å². The summed E-state index contributed by atoms with van der Waals surface area (Å²) < 4.78 is 5.06. The van der Waals surface area contributed by atoms with Gasteiger partial charge in [-0.15, -0.1) is 0 Å². The summed E-state index contributed by atoms with van der Waals surface area (Å²) in [5, 5.41) is 3.49. The second-order valence-corrected chi connectivity index (χ2v) is 6.66. The fraction of sp³-hybridized carbons (Fsp3) is 0.368. The standard InChI is InChI=1S/C19H21ClN2O3/c20-16-5-3-14(4-6-16)18(23)15-7-10-22(11-8-15)12-9-21-19(24)17-2-1-13-25-17/h1-6,13,15H,7-12H2,(H,21,24). The molecule has 1 saturated heterocycles. The highest BCUT2D eigenvalue weighted by Gasteiger charge is 2.25. The second-order valence-electron chi connectivity index (χ2n) is 6.22. The molecule has 0 atom stereocenters. The fourth-order valence-electron chi connectivity index (χ4n) is 3.09. The van der Waals surface area contributed by atoms with Gasteiger partial charge in [0.2, 0.25) is 0 Å². The smallest absolute Gasteiger partial charge is 0.287 e. The van der Waals surface area contributed by atoms with Crippen LogP contribution < -0.4 is 5.32 Å². The number of hydrogen-bond acceptors (Lipinski definition) is 4. The predicted octanol–water partition coefficient (Wildman–Crippen LogP) is 3.26. The molecule has 0 aliphatic carbocycles. The Morgan fingerprint density at radius 1 is 1.16 bits per heavy atom. The molecule has 1 N–H and O–H groups in total. The van der Waals surface area contributed by atoms with Crippen LogP contribution in [0.4, 0.5) is 0 Å². The molecular formula is C19H21ClN2O3. The molecular weight excluding hydrogens is 340 g/mol. The number of Topliss-reactive ketones (excluding diaryl/α,β-unsaturated/α-hetero) is 1. The molecule has 1 fully saturated rings. The summed E-state index contributed by atoms with van der Waals surface area (Å²) in [6, 6.07) is 10.4. The molecule has 5 nitrogen and oxygen atoms in total. The lowest BCUT2D eigenvalue weighted by atomic mass is 9.89. The molecule has 0 spiro atoms. The Balaban J connectivity index is 1.40. The average molecular weight is 361 g/mol. The van der Waals surface area contributed by atoms with Crippen LogP contribution in [0.1, 0.15) is 33.8 Å². The number of likely N-dealkylation sites (tertiary alicyclic amines) is 1. The molecule has 1 aromatic heterocycles. The van der Waals surface area contributed by atoms with Crippen molar-refractivity contribution >= 4 is 23.3 Å². The molecule has 2 heterocycles. The first-order valence-corrected chi connectivity index (χ1v) is 8.85. The summed E-state index contributed by atoms with van der Waals surface area (Å²) in [6.07, 6.45) is 3.17. The van der Waals surface area contributed by atoms with E-state index in [4.69, 9.17) is 16.0 Å². The molecule has 132 valence electrons. The minimum absolute atomic E-state index is 0.0649. The first-order chi connectivity index (χ1) is 12.1. The van der Waals surface area contributed by atoms with Crippen LogP contribution in [0.2, 0.25) is 5.02 Å². The normalized spacial score (nSPS) is 15.9. The van der Waals surface area contributed by atoms with E-state index in [1.54, 1.807) is 36.4 Å². The maximum absolute atomic E-state index is 12.5. The first kappa shape index (κ1) is 17.7. The monoisotopic (exact) mass is 360 g/mol. The number of rotatable bonds is 6. The van der Waals surface area contributed by atoms with E-state index in [9.17, 15) is 9.59 Å². The molecule has 0 unspecified atom stereocenters. The number of nitrogens with one attached hydrogen (secondary N) is 1. The van der Waals surface area contributed by atoms with Crippen molar-refractivity contribution in [1.82, 2.24) is 10.2 Å². The van der Waals surface area contributed by atoms with E-state index in [-0.39, 0.29) is 17.6 Å². The Morgan fingerprint density at radius 3 is 2.52 bits per heavy atom. The molecule has 1 aromatic carbocycles. The number of halogens is 1. The SMILES string of the molecule is O=C(NCCN1CCC(C(=O)c2ccc(Cl)cc2)CC1)c1ccco1. The molecule has 0 saturated carbocycles. The van der Waals surface area contributed by atoms with Crippen molar-refractivity contribution in [2.75, 3.05) is 26.2 Å². The number of piperidine rings is 1. The van der Waals surface area contributed by atoms with Crippen molar-refractivity contribution in [3.63, 3.8) is 0 Å². The second kappa shape index (κ2) is 8.32. The third-order valence-corrected chi connectivity index (χ3v) is 4.80. The molecule has 2 aromatic rings. The number of hydrogen-bond donors (Lipinski definition) is 1. The number of benzene rings is 1. The van der Waals surface area contributed by atoms with Gasteiger partial charge in [0.05, 0.1) is 6.26 Å². The molecule has 6 heteroatoms. The Labute approximate surface area is 151 Å². The molecule has 0 bridgehead atoms.